The SMILES string of the molecule is C=C(Cc1c(-c2ccc([Si](C)(C)C)cc2)c2cc(F)ccc2n1S(=O)(=O)c1ccccc1)C(=O)OCC. The van der Waals surface area contributed by atoms with Crippen molar-refractivity contribution in [1.82, 2.24) is 3.97 Å². The highest BCUT2D eigenvalue weighted by molar-refractivity contribution is 7.90. The van der Waals surface area contributed by atoms with Gasteiger partial charge >= 0.3 is 5.97 Å². The molecule has 0 unspecified atom stereocenters. The number of benzene rings is 3. The summed E-state index contributed by atoms with van der Waals surface area (Å²) in [5.41, 5.74) is 2.02. The normalized spacial score (nSPS) is 12.0. The lowest BCUT2D eigenvalue weighted by molar-refractivity contribution is -0.138. The van der Waals surface area contributed by atoms with Crippen LogP contribution in [0.3, 0.4) is 0 Å². The average Bonchev–Trinajstić information content (AvgIpc) is 3.17. The van der Waals surface area contributed by atoms with Gasteiger partial charge in [-0.05, 0) is 42.8 Å². The Kier molecular flexibility index (Phi) is 7.26. The summed E-state index contributed by atoms with van der Waals surface area (Å²) in [7, 11) is -5.69. The molecule has 8 heteroatoms. The van der Waals surface area contributed by atoms with Gasteiger partial charge in [-0.2, -0.15) is 0 Å². The maximum atomic E-state index is 14.6. The van der Waals surface area contributed by atoms with Crippen LogP contribution in [0.1, 0.15) is 12.6 Å². The van der Waals surface area contributed by atoms with Crippen LogP contribution in [0.2, 0.25) is 19.6 Å². The third-order valence-electron chi connectivity index (χ3n) is 6.25. The Hall–Kier alpha value is -3.49. The zero-order valence-electron chi connectivity index (χ0n) is 21.4. The Balaban J connectivity index is 2.06. The first-order valence-corrected chi connectivity index (χ1v) is 17.0. The average molecular weight is 536 g/mol. The van der Waals surface area contributed by atoms with Gasteiger partial charge in [-0.1, -0.05) is 73.9 Å². The number of rotatable bonds is 8. The minimum absolute atomic E-state index is 0.0832. The van der Waals surface area contributed by atoms with Crippen molar-refractivity contribution in [1.29, 1.82) is 0 Å². The number of hydrogen-bond acceptors (Lipinski definition) is 4. The Labute approximate surface area is 218 Å². The molecule has 1 aromatic heterocycles. The molecule has 1 heterocycles. The number of ether oxygens (including phenoxy) is 1. The number of fused-ring (bicyclic) bond motifs is 1. The molecule has 0 saturated carbocycles. The van der Waals surface area contributed by atoms with Crippen LogP contribution in [0.5, 0.6) is 0 Å². The molecule has 5 nitrogen and oxygen atoms in total. The Morgan fingerprint density at radius 1 is 1.00 bits per heavy atom. The molecule has 0 amide bonds. The van der Waals surface area contributed by atoms with E-state index in [2.05, 4.69) is 26.2 Å². The van der Waals surface area contributed by atoms with E-state index < -0.39 is 29.9 Å². The molecule has 0 spiro atoms. The largest absolute Gasteiger partial charge is 0.463 e. The van der Waals surface area contributed by atoms with Crippen LogP contribution in [0.25, 0.3) is 22.0 Å². The first-order chi connectivity index (χ1) is 17.4. The summed E-state index contributed by atoms with van der Waals surface area (Å²) in [5, 5.41) is 1.67. The molecule has 0 bridgehead atoms. The number of halogens is 1. The maximum Gasteiger partial charge on any atom is 0.333 e. The third kappa shape index (κ3) is 5.17. The van der Waals surface area contributed by atoms with Crippen LogP contribution in [0.4, 0.5) is 4.39 Å². The molecule has 0 radical (unpaired) electrons. The number of carbonyl (C=O) groups excluding carboxylic acids is 1. The van der Waals surface area contributed by atoms with Gasteiger partial charge in [-0.3, -0.25) is 0 Å². The molecular formula is C29H30FNO4SSi. The van der Waals surface area contributed by atoms with Crippen LogP contribution < -0.4 is 5.19 Å². The second kappa shape index (κ2) is 10.1. The van der Waals surface area contributed by atoms with Crippen molar-refractivity contribution in [3.63, 3.8) is 0 Å². The fraction of sp³-hybridized carbons (Fsp3) is 0.207. The first-order valence-electron chi connectivity index (χ1n) is 12.0. The van der Waals surface area contributed by atoms with Crippen molar-refractivity contribution in [2.24, 2.45) is 0 Å². The fourth-order valence-corrected chi connectivity index (χ4v) is 7.13. The van der Waals surface area contributed by atoms with Gasteiger partial charge in [-0.25, -0.2) is 21.6 Å². The van der Waals surface area contributed by atoms with E-state index in [1.54, 1.807) is 25.1 Å². The molecule has 3 aromatic carbocycles. The molecule has 37 heavy (non-hydrogen) atoms. The summed E-state index contributed by atoms with van der Waals surface area (Å²) in [6.07, 6.45) is -0.0910. The lowest BCUT2D eigenvalue weighted by atomic mass is 9.99. The van der Waals surface area contributed by atoms with Gasteiger partial charge in [0.2, 0.25) is 0 Å². The highest BCUT2D eigenvalue weighted by Crippen LogP contribution is 2.39. The predicted molar refractivity (Wildman–Crippen MR) is 149 cm³/mol. The number of hydrogen-bond donors (Lipinski definition) is 0. The second-order valence-corrected chi connectivity index (χ2v) is 16.8. The van der Waals surface area contributed by atoms with Crippen molar-refractivity contribution in [3.05, 3.63) is 96.5 Å². The number of esters is 1. The van der Waals surface area contributed by atoms with Crippen LogP contribution in [-0.2, 0) is 26.0 Å². The molecule has 0 fully saturated rings. The quantitative estimate of drug-likeness (QED) is 0.160. The molecule has 0 aliphatic carbocycles. The summed E-state index contributed by atoms with van der Waals surface area (Å²) >= 11 is 0. The summed E-state index contributed by atoms with van der Waals surface area (Å²) in [6.45, 7) is 12.5. The van der Waals surface area contributed by atoms with E-state index in [1.165, 1.54) is 39.5 Å². The van der Waals surface area contributed by atoms with E-state index in [0.717, 1.165) is 5.56 Å². The van der Waals surface area contributed by atoms with E-state index in [1.807, 2.05) is 24.3 Å². The summed E-state index contributed by atoms with van der Waals surface area (Å²) < 4.78 is 48.9. The summed E-state index contributed by atoms with van der Waals surface area (Å²) in [4.78, 5) is 12.6. The second-order valence-electron chi connectivity index (χ2n) is 9.89. The van der Waals surface area contributed by atoms with Crippen molar-refractivity contribution >= 4 is 40.2 Å². The van der Waals surface area contributed by atoms with Gasteiger partial charge in [0, 0.05) is 28.6 Å². The smallest absolute Gasteiger partial charge is 0.333 e. The van der Waals surface area contributed by atoms with Crippen molar-refractivity contribution in [2.75, 3.05) is 6.61 Å². The van der Waals surface area contributed by atoms with Crippen LogP contribution >= 0.6 is 0 Å². The van der Waals surface area contributed by atoms with E-state index in [-0.39, 0.29) is 23.5 Å². The molecule has 0 saturated heterocycles. The predicted octanol–water partition coefficient (Wildman–Crippen LogP) is 5.89. The maximum absolute atomic E-state index is 14.6. The fourth-order valence-electron chi connectivity index (χ4n) is 4.39. The third-order valence-corrected chi connectivity index (χ3v) is 10.1. The molecular weight excluding hydrogens is 505 g/mol. The van der Waals surface area contributed by atoms with Gasteiger partial charge in [0.25, 0.3) is 10.0 Å². The molecule has 0 aliphatic rings. The summed E-state index contributed by atoms with van der Waals surface area (Å²) in [6, 6.07) is 20.0. The highest BCUT2D eigenvalue weighted by atomic mass is 32.2. The standard InChI is InChI=1S/C29H30FNO4SSi/c1-6-35-29(32)20(2)18-27-28(21-12-15-24(16-13-21)37(3,4)5)25-19-22(30)14-17-26(25)31(27)36(33,34)23-10-8-7-9-11-23/h7-17,19H,2,6,18H2,1,3-5H3. The zero-order chi connectivity index (χ0) is 27.0. The highest BCUT2D eigenvalue weighted by Gasteiger charge is 2.29. The van der Waals surface area contributed by atoms with Crippen molar-refractivity contribution in [3.8, 4) is 11.1 Å². The number of aromatic nitrogens is 1. The van der Waals surface area contributed by atoms with Gasteiger partial charge < -0.3 is 4.74 Å². The molecule has 192 valence electrons. The van der Waals surface area contributed by atoms with Gasteiger partial charge in [0.05, 0.1) is 25.1 Å². The Morgan fingerprint density at radius 3 is 2.24 bits per heavy atom. The minimum atomic E-state index is -4.10. The molecule has 0 N–H and O–H groups in total. The first kappa shape index (κ1) is 26.6. The van der Waals surface area contributed by atoms with Gasteiger partial charge in [-0.15, -0.1) is 0 Å². The van der Waals surface area contributed by atoms with E-state index >= 15 is 0 Å². The lowest BCUT2D eigenvalue weighted by Gasteiger charge is -2.17. The monoisotopic (exact) mass is 535 g/mol. The topological polar surface area (TPSA) is 65.4 Å². The van der Waals surface area contributed by atoms with Crippen LogP contribution in [0, 0.1) is 5.82 Å². The Bertz CT molecular complexity index is 1590. The zero-order valence-corrected chi connectivity index (χ0v) is 23.2. The number of nitrogens with zero attached hydrogens (tertiary/aromatic N) is 1. The van der Waals surface area contributed by atoms with Crippen LogP contribution in [0.15, 0.2) is 89.8 Å². The minimum Gasteiger partial charge on any atom is -0.463 e. The molecule has 0 aliphatic heterocycles. The number of carbonyl (C=O) groups is 1. The summed E-state index contributed by atoms with van der Waals surface area (Å²) in [5.74, 6) is -1.10. The molecule has 0 atom stereocenters. The van der Waals surface area contributed by atoms with E-state index in [9.17, 15) is 17.6 Å². The van der Waals surface area contributed by atoms with Crippen molar-refractivity contribution < 1.29 is 22.3 Å². The van der Waals surface area contributed by atoms with Crippen molar-refractivity contribution in [2.45, 2.75) is 37.9 Å². The lowest BCUT2D eigenvalue weighted by Crippen LogP contribution is -2.37. The van der Waals surface area contributed by atoms with Gasteiger partial charge in [0.15, 0.2) is 0 Å². The Morgan fingerprint density at radius 2 is 1.65 bits per heavy atom. The molecule has 4 aromatic rings. The van der Waals surface area contributed by atoms with E-state index in [0.29, 0.717) is 22.2 Å². The van der Waals surface area contributed by atoms with E-state index in [4.69, 9.17) is 4.74 Å². The molecule has 4 rings (SSSR count). The van der Waals surface area contributed by atoms with Crippen LogP contribution in [-0.4, -0.2) is 33.0 Å². The van der Waals surface area contributed by atoms with Gasteiger partial charge in [0.1, 0.15) is 5.82 Å².